The Bertz CT molecular complexity index is 996. The van der Waals surface area contributed by atoms with Gasteiger partial charge in [-0.05, 0) is 18.1 Å². The third kappa shape index (κ3) is 3.98. The van der Waals surface area contributed by atoms with Gasteiger partial charge in [0.1, 0.15) is 24.6 Å². The summed E-state index contributed by atoms with van der Waals surface area (Å²) in [6.45, 7) is 3.18. The van der Waals surface area contributed by atoms with E-state index in [1.54, 1.807) is 0 Å². The minimum atomic E-state index is -4.19. The summed E-state index contributed by atoms with van der Waals surface area (Å²) in [5.41, 5.74) is 0.750. The zero-order valence-electron chi connectivity index (χ0n) is 14.1. The van der Waals surface area contributed by atoms with Gasteiger partial charge >= 0.3 is 10.2 Å². The molecule has 3 rings (SSSR count). The summed E-state index contributed by atoms with van der Waals surface area (Å²) < 4.78 is 48.4. The third-order valence-corrected chi connectivity index (χ3v) is 5.99. The van der Waals surface area contributed by atoms with Crippen LogP contribution in [0.4, 0.5) is 10.1 Å². The van der Waals surface area contributed by atoms with Gasteiger partial charge in [-0.3, -0.25) is 4.79 Å². The van der Waals surface area contributed by atoms with Crippen LogP contribution in [0.15, 0.2) is 53.5 Å². The summed E-state index contributed by atoms with van der Waals surface area (Å²) in [4.78, 5) is 11.6. The van der Waals surface area contributed by atoms with Gasteiger partial charge < -0.3 is 4.74 Å². The quantitative estimate of drug-likeness (QED) is 0.680. The van der Waals surface area contributed by atoms with Crippen LogP contribution in [-0.2, 0) is 28.0 Å². The topological polar surface area (TPSA) is 75.7 Å². The highest BCUT2D eigenvalue weighted by atomic mass is 79.9. The molecular formula is C18H16BrFN2O4S. The van der Waals surface area contributed by atoms with Crippen molar-refractivity contribution in [1.82, 2.24) is 4.72 Å². The van der Waals surface area contributed by atoms with E-state index >= 15 is 4.39 Å². The van der Waals surface area contributed by atoms with Gasteiger partial charge in [-0.1, -0.05) is 52.3 Å². The van der Waals surface area contributed by atoms with Crippen LogP contribution in [0, 0.1) is 5.82 Å². The van der Waals surface area contributed by atoms with Gasteiger partial charge in [0.05, 0.1) is 0 Å². The van der Waals surface area contributed by atoms with Gasteiger partial charge in [0.15, 0.2) is 5.82 Å². The number of anilines is 1. The Morgan fingerprint density at radius 3 is 2.63 bits per heavy atom. The zero-order valence-corrected chi connectivity index (χ0v) is 16.5. The van der Waals surface area contributed by atoms with E-state index in [2.05, 4.69) is 22.5 Å². The van der Waals surface area contributed by atoms with Crippen molar-refractivity contribution < 1.29 is 22.3 Å². The molecule has 9 heteroatoms. The van der Waals surface area contributed by atoms with Gasteiger partial charge in [0.25, 0.3) is 5.91 Å². The van der Waals surface area contributed by atoms with Gasteiger partial charge in [-0.25, -0.2) is 13.4 Å². The summed E-state index contributed by atoms with van der Waals surface area (Å²) in [7, 11) is -4.19. The molecule has 0 spiro atoms. The maximum absolute atomic E-state index is 15.2. The molecule has 0 radical (unpaired) electrons. The SMILES string of the molecule is C=CCc1c(Br)cc(OCc2ccccc2)c(N2CC(=O)NS2(=O)=O)c1F. The molecule has 0 aromatic heterocycles. The lowest BCUT2D eigenvalue weighted by Gasteiger charge is -2.22. The predicted molar refractivity (Wildman–Crippen MR) is 103 cm³/mol. The first kappa shape index (κ1) is 19.4. The summed E-state index contributed by atoms with van der Waals surface area (Å²) in [5.74, 6) is -1.51. The van der Waals surface area contributed by atoms with Crippen molar-refractivity contribution in [3.63, 3.8) is 0 Å². The zero-order chi connectivity index (χ0) is 19.6. The highest BCUT2D eigenvalue weighted by Crippen LogP contribution is 2.40. The molecule has 0 aliphatic carbocycles. The Balaban J connectivity index is 2.08. The van der Waals surface area contributed by atoms with Crippen molar-refractivity contribution in [1.29, 1.82) is 0 Å². The number of amides is 1. The Labute approximate surface area is 164 Å². The number of hydrogen-bond acceptors (Lipinski definition) is 4. The average Bonchev–Trinajstić information content (AvgIpc) is 2.89. The van der Waals surface area contributed by atoms with E-state index in [1.807, 2.05) is 35.1 Å². The minimum Gasteiger partial charge on any atom is -0.487 e. The normalized spacial score (nSPS) is 15.5. The lowest BCUT2D eigenvalue weighted by molar-refractivity contribution is -0.117. The maximum Gasteiger partial charge on any atom is 0.326 e. The molecule has 0 saturated carbocycles. The van der Waals surface area contributed by atoms with Gasteiger partial charge in [-0.15, -0.1) is 6.58 Å². The monoisotopic (exact) mass is 454 g/mol. The molecule has 27 heavy (non-hydrogen) atoms. The first-order valence-corrected chi connectivity index (χ1v) is 10.2. The van der Waals surface area contributed by atoms with Crippen LogP contribution in [-0.4, -0.2) is 20.9 Å². The Kier molecular flexibility index (Phi) is 5.52. The molecule has 1 amide bonds. The fourth-order valence-corrected chi connectivity index (χ4v) is 4.39. The molecule has 2 aromatic rings. The number of benzene rings is 2. The van der Waals surface area contributed by atoms with E-state index in [0.717, 1.165) is 5.56 Å². The lowest BCUT2D eigenvalue weighted by Crippen LogP contribution is -2.31. The first-order valence-electron chi connectivity index (χ1n) is 7.95. The van der Waals surface area contributed by atoms with Crippen LogP contribution in [0.1, 0.15) is 11.1 Å². The Hall–Kier alpha value is -2.39. The molecule has 1 saturated heterocycles. The van der Waals surface area contributed by atoms with Crippen LogP contribution in [0.5, 0.6) is 5.75 Å². The number of carbonyl (C=O) groups is 1. The largest absolute Gasteiger partial charge is 0.487 e. The van der Waals surface area contributed by atoms with E-state index in [4.69, 9.17) is 4.74 Å². The maximum atomic E-state index is 15.2. The third-order valence-electron chi connectivity index (χ3n) is 3.91. The second-order valence-corrected chi connectivity index (χ2v) is 8.25. The van der Waals surface area contributed by atoms with Crippen LogP contribution in [0.25, 0.3) is 0 Å². The molecule has 2 aromatic carbocycles. The summed E-state index contributed by atoms with van der Waals surface area (Å²) in [5, 5.41) is 0. The molecule has 1 aliphatic heterocycles. The van der Waals surface area contributed by atoms with Crippen LogP contribution < -0.4 is 13.8 Å². The highest BCUT2D eigenvalue weighted by Gasteiger charge is 2.38. The molecule has 1 N–H and O–H groups in total. The fourth-order valence-electron chi connectivity index (χ4n) is 2.68. The first-order chi connectivity index (χ1) is 12.8. The second kappa shape index (κ2) is 7.69. The van der Waals surface area contributed by atoms with E-state index in [0.29, 0.717) is 8.78 Å². The highest BCUT2D eigenvalue weighted by molar-refractivity contribution is 9.10. The smallest absolute Gasteiger partial charge is 0.326 e. The molecular weight excluding hydrogens is 439 g/mol. The van der Waals surface area contributed by atoms with Gasteiger partial charge in [-0.2, -0.15) is 8.42 Å². The molecule has 6 nitrogen and oxygen atoms in total. The molecule has 0 bridgehead atoms. The van der Waals surface area contributed by atoms with Gasteiger partial charge in [0, 0.05) is 10.0 Å². The number of halogens is 2. The molecule has 1 fully saturated rings. The average molecular weight is 455 g/mol. The van der Waals surface area contributed by atoms with Crippen molar-refractivity contribution in [3.8, 4) is 5.75 Å². The fraction of sp³-hybridized carbons (Fsp3) is 0.167. The summed E-state index contributed by atoms with van der Waals surface area (Å²) in [6, 6.07) is 10.7. The van der Waals surface area contributed by atoms with Crippen molar-refractivity contribution >= 4 is 37.7 Å². The number of hydrogen-bond donors (Lipinski definition) is 1. The van der Waals surface area contributed by atoms with E-state index < -0.39 is 28.5 Å². The van der Waals surface area contributed by atoms with E-state index in [-0.39, 0.29) is 30.0 Å². The van der Waals surface area contributed by atoms with Crippen molar-refractivity contribution in [2.45, 2.75) is 13.0 Å². The molecule has 0 unspecified atom stereocenters. The van der Waals surface area contributed by atoms with Crippen LogP contribution in [0.2, 0.25) is 0 Å². The number of nitrogens with zero attached hydrogens (tertiary/aromatic N) is 1. The van der Waals surface area contributed by atoms with Crippen LogP contribution in [0.3, 0.4) is 0 Å². The number of ether oxygens (including phenoxy) is 1. The molecule has 1 heterocycles. The minimum absolute atomic E-state index is 0.0103. The van der Waals surface area contributed by atoms with E-state index in [9.17, 15) is 13.2 Å². The van der Waals surface area contributed by atoms with Crippen molar-refractivity contribution in [2.75, 3.05) is 10.8 Å². The Morgan fingerprint density at radius 2 is 2.04 bits per heavy atom. The predicted octanol–water partition coefficient (Wildman–Crippen LogP) is 3.08. The van der Waals surface area contributed by atoms with Crippen molar-refractivity contribution in [2.24, 2.45) is 0 Å². The van der Waals surface area contributed by atoms with Crippen molar-refractivity contribution in [3.05, 3.63) is 70.5 Å². The summed E-state index contributed by atoms with van der Waals surface area (Å²) >= 11 is 3.29. The standard InChI is InChI=1S/C18H16BrFN2O4S/c1-2-6-13-14(19)9-15(26-11-12-7-4-3-5-8-12)18(17(13)20)22-10-16(23)21-27(22,24)25/h2-5,7-9H,1,6,10-11H2,(H,21,23). The number of carbonyl (C=O) groups excluding carboxylic acids is 1. The lowest BCUT2D eigenvalue weighted by atomic mass is 10.1. The van der Waals surface area contributed by atoms with E-state index in [1.165, 1.54) is 12.1 Å². The second-order valence-electron chi connectivity index (χ2n) is 5.80. The van der Waals surface area contributed by atoms with Crippen LogP contribution >= 0.6 is 15.9 Å². The molecule has 142 valence electrons. The number of allylic oxidation sites excluding steroid dienone is 1. The van der Waals surface area contributed by atoms with Gasteiger partial charge in [0.2, 0.25) is 0 Å². The summed E-state index contributed by atoms with van der Waals surface area (Å²) in [6.07, 6.45) is 1.67. The molecule has 1 aliphatic rings. The Morgan fingerprint density at radius 1 is 1.33 bits per heavy atom. The molecule has 0 atom stereocenters. The number of rotatable bonds is 6. The number of nitrogens with one attached hydrogen (secondary N) is 1.